The minimum absolute atomic E-state index is 0.616. The highest BCUT2D eigenvalue weighted by Crippen LogP contribution is 2.31. The number of aryl methyl sites for hydroxylation is 1. The number of aromatic nitrogens is 1. The van der Waals surface area contributed by atoms with E-state index in [9.17, 15) is 0 Å². The van der Waals surface area contributed by atoms with Crippen LogP contribution in [0.4, 0.5) is 5.13 Å². The third-order valence-corrected chi connectivity index (χ3v) is 4.66. The maximum absolute atomic E-state index is 5.70. The quantitative estimate of drug-likeness (QED) is 0.858. The van der Waals surface area contributed by atoms with Crippen LogP contribution in [0.2, 0.25) is 0 Å². The predicted octanol–water partition coefficient (Wildman–Crippen LogP) is 2.54. The van der Waals surface area contributed by atoms with E-state index < -0.39 is 0 Å². The first-order chi connectivity index (χ1) is 7.74. The van der Waals surface area contributed by atoms with Crippen molar-refractivity contribution in [3.8, 4) is 0 Å². The van der Waals surface area contributed by atoms with Gasteiger partial charge in [-0.3, -0.25) is 0 Å². The first kappa shape index (κ1) is 11.9. The molecule has 0 radical (unpaired) electrons. The molecule has 1 aromatic heterocycles. The highest BCUT2D eigenvalue weighted by Gasteiger charge is 2.22. The lowest BCUT2D eigenvalue weighted by molar-refractivity contribution is 0.318. The van der Waals surface area contributed by atoms with Crippen molar-refractivity contribution in [2.45, 2.75) is 39.7 Å². The topological polar surface area (TPSA) is 42.2 Å². The van der Waals surface area contributed by atoms with Gasteiger partial charge in [-0.25, -0.2) is 4.98 Å². The Morgan fingerprint density at radius 3 is 2.69 bits per heavy atom. The van der Waals surface area contributed by atoms with Crippen molar-refractivity contribution >= 4 is 16.5 Å². The molecule has 0 aliphatic heterocycles. The standard InChI is InChI=1S/C12H21N3S/c1-3-15(8-10-5-4-6-10)12-14-9(2)11(7-13)16-12/h10H,3-8,13H2,1-2H3. The molecule has 1 aromatic rings. The first-order valence-corrected chi connectivity index (χ1v) is 6.97. The Hall–Kier alpha value is -0.610. The Labute approximate surface area is 102 Å². The van der Waals surface area contributed by atoms with Gasteiger partial charge in [0.2, 0.25) is 0 Å². The molecule has 4 heteroatoms. The Bertz CT molecular complexity index is 344. The molecule has 1 aliphatic rings. The molecule has 1 saturated carbocycles. The summed E-state index contributed by atoms with van der Waals surface area (Å²) in [7, 11) is 0. The van der Waals surface area contributed by atoms with Gasteiger partial charge in [0.1, 0.15) is 0 Å². The Morgan fingerprint density at radius 2 is 2.25 bits per heavy atom. The summed E-state index contributed by atoms with van der Waals surface area (Å²) in [5, 5.41) is 1.16. The van der Waals surface area contributed by atoms with Crippen LogP contribution in [-0.4, -0.2) is 18.1 Å². The summed E-state index contributed by atoms with van der Waals surface area (Å²) in [5.41, 5.74) is 6.80. The monoisotopic (exact) mass is 239 g/mol. The van der Waals surface area contributed by atoms with Gasteiger partial charge in [-0.05, 0) is 32.6 Å². The molecule has 0 amide bonds. The second-order valence-corrected chi connectivity index (χ2v) is 5.61. The van der Waals surface area contributed by atoms with Crippen molar-refractivity contribution in [1.82, 2.24) is 4.98 Å². The van der Waals surface area contributed by atoms with Crippen LogP contribution >= 0.6 is 11.3 Å². The fraction of sp³-hybridized carbons (Fsp3) is 0.750. The van der Waals surface area contributed by atoms with Crippen LogP contribution in [0.3, 0.4) is 0 Å². The van der Waals surface area contributed by atoms with Gasteiger partial charge in [-0.15, -0.1) is 11.3 Å². The Kier molecular flexibility index (Phi) is 3.82. The summed E-state index contributed by atoms with van der Waals surface area (Å²) in [4.78, 5) is 8.26. The number of rotatable bonds is 5. The smallest absolute Gasteiger partial charge is 0.185 e. The average molecular weight is 239 g/mol. The van der Waals surface area contributed by atoms with E-state index in [0.29, 0.717) is 6.54 Å². The minimum atomic E-state index is 0.616. The lowest BCUT2D eigenvalue weighted by Crippen LogP contribution is -2.32. The third-order valence-electron chi connectivity index (χ3n) is 3.42. The molecule has 0 saturated heterocycles. The van der Waals surface area contributed by atoms with E-state index >= 15 is 0 Å². The van der Waals surface area contributed by atoms with E-state index in [1.165, 1.54) is 30.7 Å². The Balaban J connectivity index is 2.05. The van der Waals surface area contributed by atoms with Crippen LogP contribution in [0, 0.1) is 12.8 Å². The predicted molar refractivity (Wildman–Crippen MR) is 70.0 cm³/mol. The lowest BCUT2D eigenvalue weighted by atomic mass is 9.85. The van der Waals surface area contributed by atoms with Gasteiger partial charge in [0.15, 0.2) is 5.13 Å². The van der Waals surface area contributed by atoms with Crippen molar-refractivity contribution in [3.63, 3.8) is 0 Å². The fourth-order valence-corrected chi connectivity index (χ4v) is 3.08. The molecule has 0 aromatic carbocycles. The van der Waals surface area contributed by atoms with E-state index in [2.05, 4.69) is 23.7 Å². The SMILES string of the molecule is CCN(CC1CCC1)c1nc(C)c(CN)s1. The molecule has 0 atom stereocenters. The van der Waals surface area contributed by atoms with Crippen LogP contribution in [-0.2, 0) is 6.54 Å². The molecule has 3 nitrogen and oxygen atoms in total. The molecular weight excluding hydrogens is 218 g/mol. The zero-order chi connectivity index (χ0) is 11.5. The second kappa shape index (κ2) is 5.15. The number of hydrogen-bond acceptors (Lipinski definition) is 4. The largest absolute Gasteiger partial charge is 0.348 e. The normalized spacial score (nSPS) is 16.2. The molecule has 2 rings (SSSR count). The number of nitrogens with zero attached hydrogens (tertiary/aromatic N) is 2. The highest BCUT2D eigenvalue weighted by molar-refractivity contribution is 7.15. The zero-order valence-electron chi connectivity index (χ0n) is 10.2. The van der Waals surface area contributed by atoms with Gasteiger partial charge in [-0.1, -0.05) is 6.42 Å². The number of thiazole rings is 1. The minimum Gasteiger partial charge on any atom is -0.348 e. The molecule has 1 heterocycles. The Morgan fingerprint density at radius 1 is 1.50 bits per heavy atom. The van der Waals surface area contributed by atoms with Gasteiger partial charge >= 0.3 is 0 Å². The van der Waals surface area contributed by atoms with Gasteiger partial charge in [-0.2, -0.15) is 0 Å². The lowest BCUT2D eigenvalue weighted by Gasteiger charge is -2.31. The summed E-state index contributed by atoms with van der Waals surface area (Å²) in [6.45, 7) is 7.10. The summed E-state index contributed by atoms with van der Waals surface area (Å²) in [5.74, 6) is 0.894. The number of anilines is 1. The van der Waals surface area contributed by atoms with Crippen LogP contribution < -0.4 is 10.6 Å². The molecule has 90 valence electrons. The van der Waals surface area contributed by atoms with Crippen LogP contribution in [0.25, 0.3) is 0 Å². The van der Waals surface area contributed by atoms with Gasteiger partial charge in [0, 0.05) is 24.5 Å². The van der Waals surface area contributed by atoms with Gasteiger partial charge < -0.3 is 10.6 Å². The summed E-state index contributed by atoms with van der Waals surface area (Å²) in [6.07, 6.45) is 4.20. The summed E-state index contributed by atoms with van der Waals surface area (Å²) < 4.78 is 0. The van der Waals surface area contributed by atoms with E-state index in [1.807, 2.05) is 0 Å². The van der Waals surface area contributed by atoms with Crippen LogP contribution in [0.15, 0.2) is 0 Å². The number of hydrogen-bond donors (Lipinski definition) is 1. The maximum Gasteiger partial charge on any atom is 0.185 e. The van der Waals surface area contributed by atoms with Crippen molar-refractivity contribution < 1.29 is 0 Å². The molecule has 16 heavy (non-hydrogen) atoms. The highest BCUT2D eigenvalue weighted by atomic mass is 32.1. The van der Waals surface area contributed by atoms with E-state index in [1.54, 1.807) is 11.3 Å². The molecule has 0 bridgehead atoms. The van der Waals surface area contributed by atoms with E-state index in [0.717, 1.165) is 23.3 Å². The average Bonchev–Trinajstić information content (AvgIpc) is 2.58. The van der Waals surface area contributed by atoms with Crippen LogP contribution in [0.5, 0.6) is 0 Å². The molecule has 1 fully saturated rings. The molecule has 0 unspecified atom stereocenters. The van der Waals surface area contributed by atoms with Crippen molar-refractivity contribution in [1.29, 1.82) is 0 Å². The molecule has 1 aliphatic carbocycles. The van der Waals surface area contributed by atoms with Gasteiger partial charge in [0.25, 0.3) is 0 Å². The number of nitrogens with two attached hydrogens (primary N) is 1. The molecule has 2 N–H and O–H groups in total. The zero-order valence-corrected chi connectivity index (χ0v) is 11.0. The van der Waals surface area contributed by atoms with Crippen molar-refractivity contribution in [3.05, 3.63) is 10.6 Å². The fourth-order valence-electron chi connectivity index (χ4n) is 2.07. The third kappa shape index (κ3) is 2.38. The molecule has 0 spiro atoms. The van der Waals surface area contributed by atoms with Crippen molar-refractivity contribution in [2.24, 2.45) is 11.7 Å². The maximum atomic E-state index is 5.70. The van der Waals surface area contributed by atoms with E-state index in [-0.39, 0.29) is 0 Å². The second-order valence-electron chi connectivity index (χ2n) is 4.54. The van der Waals surface area contributed by atoms with Crippen LogP contribution in [0.1, 0.15) is 36.8 Å². The first-order valence-electron chi connectivity index (χ1n) is 6.16. The van der Waals surface area contributed by atoms with E-state index in [4.69, 9.17) is 5.73 Å². The summed E-state index contributed by atoms with van der Waals surface area (Å²) >= 11 is 1.76. The summed E-state index contributed by atoms with van der Waals surface area (Å²) in [6, 6.07) is 0. The van der Waals surface area contributed by atoms with Crippen molar-refractivity contribution in [2.75, 3.05) is 18.0 Å². The molecular formula is C12H21N3S. The van der Waals surface area contributed by atoms with Gasteiger partial charge in [0.05, 0.1) is 5.69 Å².